The van der Waals surface area contributed by atoms with Crippen LogP contribution in [-0.4, -0.2) is 37.2 Å². The molecule has 0 aromatic heterocycles. The van der Waals surface area contributed by atoms with Crippen molar-refractivity contribution >= 4 is 17.9 Å². The van der Waals surface area contributed by atoms with Gasteiger partial charge in [0.05, 0.1) is 0 Å². The fraction of sp³-hybridized carbons (Fsp3) is 0.753. The van der Waals surface area contributed by atoms with Gasteiger partial charge in [-0.1, -0.05) is 317 Å². The monoisotopic (exact) mass is 1160 g/mol. The minimum Gasteiger partial charge on any atom is -0.462 e. The Kier molecular flexibility index (Phi) is 67.7. The molecule has 0 fully saturated rings. The van der Waals surface area contributed by atoms with E-state index in [1.165, 1.54) is 212 Å². The lowest BCUT2D eigenvalue weighted by molar-refractivity contribution is -0.167. The Bertz CT molecular complexity index is 1610. The highest BCUT2D eigenvalue weighted by Gasteiger charge is 2.19. The Balaban J connectivity index is 4.11. The number of esters is 3. The fourth-order valence-electron chi connectivity index (χ4n) is 10.2. The molecule has 0 amide bonds. The Morgan fingerprint density at radius 3 is 0.783 bits per heavy atom. The average Bonchev–Trinajstić information content (AvgIpc) is 3.48. The van der Waals surface area contributed by atoms with E-state index in [-0.39, 0.29) is 31.1 Å². The zero-order valence-electron chi connectivity index (χ0n) is 54.9. The molecule has 1 atom stereocenters. The maximum atomic E-state index is 12.9. The summed E-state index contributed by atoms with van der Waals surface area (Å²) < 4.78 is 16.9. The molecule has 0 aliphatic heterocycles. The molecular weight excluding hydrogens is 1020 g/mol. The van der Waals surface area contributed by atoms with Crippen LogP contribution < -0.4 is 0 Å². The molecule has 6 heteroatoms. The van der Waals surface area contributed by atoms with Crippen molar-refractivity contribution in [1.82, 2.24) is 0 Å². The van der Waals surface area contributed by atoms with E-state index in [2.05, 4.69) is 118 Å². The normalized spacial score (nSPS) is 12.7. The number of allylic oxidation sites excluding steroid dienone is 16. The maximum Gasteiger partial charge on any atom is 0.306 e. The summed E-state index contributed by atoms with van der Waals surface area (Å²) in [6.45, 7) is 6.49. The Morgan fingerprint density at radius 1 is 0.253 bits per heavy atom. The van der Waals surface area contributed by atoms with E-state index >= 15 is 0 Å². The minimum atomic E-state index is -0.782. The van der Waals surface area contributed by atoms with Crippen LogP contribution in [0.25, 0.3) is 0 Å². The molecule has 0 heterocycles. The van der Waals surface area contributed by atoms with Gasteiger partial charge in [-0.3, -0.25) is 14.4 Å². The summed E-state index contributed by atoms with van der Waals surface area (Å²) in [6.07, 6.45) is 95.9. The quantitative estimate of drug-likeness (QED) is 0.0261. The maximum absolute atomic E-state index is 12.9. The summed E-state index contributed by atoms with van der Waals surface area (Å²) in [5.74, 6) is -0.875. The second-order valence-electron chi connectivity index (χ2n) is 23.8. The van der Waals surface area contributed by atoms with Gasteiger partial charge < -0.3 is 14.2 Å². The van der Waals surface area contributed by atoms with E-state index in [9.17, 15) is 14.4 Å². The number of ether oxygens (including phenoxy) is 3. The second-order valence-corrected chi connectivity index (χ2v) is 23.8. The molecular formula is C77H134O6. The third-order valence-corrected chi connectivity index (χ3v) is 15.5. The van der Waals surface area contributed by atoms with Crippen molar-refractivity contribution in [2.45, 2.75) is 361 Å². The standard InChI is InChI=1S/C77H134O6/c1-4-7-10-13-16-19-22-24-26-28-30-31-32-33-34-35-36-37-38-39-40-41-42-43-44-45-47-48-50-52-55-58-61-64-67-70-76(79)82-73-74(72-81-75(78)69-66-63-60-57-54-21-18-15-12-9-6-3)83-77(80)71-68-65-62-59-56-53-51-49-46-29-27-25-23-20-17-14-11-8-5-2/h7,10,15-20,24-27,30-31,33-34,74H,4-6,8-9,11-14,21-23,28-29,32,35-73H2,1-3H3/b10-7-,18-15-,19-16-,20-17-,26-24-,27-25-,31-30-,34-33-. The molecule has 0 saturated heterocycles. The van der Waals surface area contributed by atoms with E-state index in [0.29, 0.717) is 19.3 Å². The van der Waals surface area contributed by atoms with Crippen LogP contribution in [0.5, 0.6) is 0 Å². The highest BCUT2D eigenvalue weighted by atomic mass is 16.6. The van der Waals surface area contributed by atoms with Gasteiger partial charge in [0.2, 0.25) is 0 Å². The van der Waals surface area contributed by atoms with Crippen molar-refractivity contribution in [2.75, 3.05) is 13.2 Å². The topological polar surface area (TPSA) is 78.9 Å². The first kappa shape index (κ1) is 79.3. The number of unbranched alkanes of at least 4 members (excludes halogenated alkanes) is 38. The number of hydrogen-bond acceptors (Lipinski definition) is 6. The van der Waals surface area contributed by atoms with E-state index in [1.807, 2.05) is 0 Å². The fourth-order valence-corrected chi connectivity index (χ4v) is 10.2. The number of rotatable bonds is 65. The molecule has 0 saturated carbocycles. The lowest BCUT2D eigenvalue weighted by Gasteiger charge is -2.18. The summed E-state index contributed by atoms with van der Waals surface area (Å²) in [6, 6.07) is 0. The summed E-state index contributed by atoms with van der Waals surface area (Å²) in [4.78, 5) is 38.3. The molecule has 0 rings (SSSR count). The SMILES string of the molecule is CC/C=C\C/C=C\C/C=C\C/C=C\C/C=C\CCCCCCCCCCCCCCCCCCCCCC(=O)OCC(COC(=O)CCCCCCC/C=C\CCCC)OC(=O)CCCCCCCCCCC/C=C\C/C=C\CCCCC. The smallest absolute Gasteiger partial charge is 0.306 e. The second kappa shape index (κ2) is 70.8. The largest absolute Gasteiger partial charge is 0.462 e. The minimum absolute atomic E-state index is 0.0775. The van der Waals surface area contributed by atoms with Gasteiger partial charge in [-0.05, 0) is 116 Å². The molecule has 0 aromatic carbocycles. The molecule has 0 bridgehead atoms. The summed E-state index contributed by atoms with van der Waals surface area (Å²) in [7, 11) is 0. The van der Waals surface area contributed by atoms with Gasteiger partial charge in [0, 0.05) is 19.3 Å². The van der Waals surface area contributed by atoms with Crippen LogP contribution in [0.2, 0.25) is 0 Å². The van der Waals surface area contributed by atoms with Crippen molar-refractivity contribution in [3.8, 4) is 0 Å². The molecule has 0 N–H and O–H groups in total. The average molecular weight is 1160 g/mol. The van der Waals surface area contributed by atoms with Crippen LogP contribution in [0, 0.1) is 0 Å². The molecule has 0 radical (unpaired) electrons. The number of hydrogen-bond donors (Lipinski definition) is 0. The van der Waals surface area contributed by atoms with E-state index in [1.54, 1.807) is 0 Å². The van der Waals surface area contributed by atoms with Gasteiger partial charge >= 0.3 is 17.9 Å². The van der Waals surface area contributed by atoms with Gasteiger partial charge in [-0.2, -0.15) is 0 Å². The van der Waals surface area contributed by atoms with E-state index in [4.69, 9.17) is 14.2 Å². The van der Waals surface area contributed by atoms with Crippen LogP contribution in [-0.2, 0) is 28.6 Å². The molecule has 6 nitrogen and oxygen atoms in total. The molecule has 478 valence electrons. The Hall–Kier alpha value is -3.67. The molecule has 0 aliphatic rings. The van der Waals surface area contributed by atoms with Gasteiger partial charge in [-0.15, -0.1) is 0 Å². The van der Waals surface area contributed by atoms with Crippen LogP contribution >= 0.6 is 0 Å². The third kappa shape index (κ3) is 69.0. The molecule has 1 unspecified atom stereocenters. The van der Waals surface area contributed by atoms with Crippen molar-refractivity contribution in [3.63, 3.8) is 0 Å². The molecule has 0 aliphatic carbocycles. The highest BCUT2D eigenvalue weighted by Crippen LogP contribution is 2.18. The van der Waals surface area contributed by atoms with Crippen molar-refractivity contribution < 1.29 is 28.6 Å². The number of carbonyl (C=O) groups excluding carboxylic acids is 3. The van der Waals surface area contributed by atoms with Crippen LogP contribution in [0.1, 0.15) is 355 Å². The third-order valence-electron chi connectivity index (χ3n) is 15.5. The van der Waals surface area contributed by atoms with E-state index < -0.39 is 6.10 Å². The first-order valence-electron chi connectivity index (χ1n) is 35.7. The van der Waals surface area contributed by atoms with Crippen LogP contribution in [0.3, 0.4) is 0 Å². The van der Waals surface area contributed by atoms with Crippen molar-refractivity contribution in [2.24, 2.45) is 0 Å². The predicted molar refractivity (Wildman–Crippen MR) is 362 cm³/mol. The first-order chi connectivity index (χ1) is 41.0. The summed E-state index contributed by atoms with van der Waals surface area (Å²) in [5.41, 5.74) is 0. The Morgan fingerprint density at radius 2 is 0.482 bits per heavy atom. The molecule has 83 heavy (non-hydrogen) atoms. The highest BCUT2D eigenvalue weighted by molar-refractivity contribution is 5.71. The van der Waals surface area contributed by atoms with Crippen molar-refractivity contribution in [3.05, 3.63) is 97.2 Å². The lowest BCUT2D eigenvalue weighted by atomic mass is 10.0. The van der Waals surface area contributed by atoms with Crippen LogP contribution in [0.15, 0.2) is 97.2 Å². The van der Waals surface area contributed by atoms with Gasteiger partial charge in [0.1, 0.15) is 13.2 Å². The van der Waals surface area contributed by atoms with E-state index in [0.717, 1.165) is 103 Å². The van der Waals surface area contributed by atoms with Gasteiger partial charge in [0.15, 0.2) is 6.10 Å². The zero-order valence-corrected chi connectivity index (χ0v) is 54.9. The number of carbonyl (C=O) groups is 3. The van der Waals surface area contributed by atoms with Gasteiger partial charge in [0.25, 0.3) is 0 Å². The summed E-state index contributed by atoms with van der Waals surface area (Å²) >= 11 is 0. The van der Waals surface area contributed by atoms with Crippen molar-refractivity contribution in [1.29, 1.82) is 0 Å². The van der Waals surface area contributed by atoms with Crippen LogP contribution in [0.4, 0.5) is 0 Å². The lowest BCUT2D eigenvalue weighted by Crippen LogP contribution is -2.30. The summed E-state index contributed by atoms with van der Waals surface area (Å²) in [5, 5.41) is 0. The van der Waals surface area contributed by atoms with Gasteiger partial charge in [-0.25, -0.2) is 0 Å². The molecule has 0 aromatic rings. The molecule has 0 spiro atoms. The predicted octanol–water partition coefficient (Wildman–Crippen LogP) is 24.8. The Labute approximate surface area is 515 Å². The first-order valence-corrected chi connectivity index (χ1v) is 35.7. The zero-order chi connectivity index (χ0) is 59.9.